The lowest BCUT2D eigenvalue weighted by Crippen LogP contribution is -2.30. The van der Waals surface area contributed by atoms with Gasteiger partial charge in [-0.1, -0.05) is 48.9 Å². The van der Waals surface area contributed by atoms with Gasteiger partial charge in [-0.15, -0.1) is 20.4 Å². The summed E-state index contributed by atoms with van der Waals surface area (Å²) in [6.45, 7) is 3.03. The number of halogens is 2. The third-order valence-corrected chi connectivity index (χ3v) is 17.8. The van der Waals surface area contributed by atoms with Crippen molar-refractivity contribution in [1.29, 1.82) is 0 Å². The molecule has 0 unspecified atom stereocenters. The summed E-state index contributed by atoms with van der Waals surface area (Å²) in [4.78, 5) is 33.2. The van der Waals surface area contributed by atoms with Crippen molar-refractivity contribution in [3.8, 4) is 34.9 Å². The summed E-state index contributed by atoms with van der Waals surface area (Å²) < 4.78 is 90.7. The minimum Gasteiger partial charge on any atom is -0.479 e. The number of hydrogen-bond acceptors (Lipinski definition) is 24. The van der Waals surface area contributed by atoms with Crippen molar-refractivity contribution in [2.45, 2.75) is 123 Å². The van der Waals surface area contributed by atoms with E-state index >= 15 is 0 Å². The number of hydrogen-bond donors (Lipinski definition) is 2. The summed E-state index contributed by atoms with van der Waals surface area (Å²) in [6, 6.07) is 0. The zero-order valence-corrected chi connectivity index (χ0v) is 46.1. The first-order chi connectivity index (χ1) is 36.4. The Morgan fingerprint density at radius 2 is 0.842 bits per heavy atom. The molecule has 2 N–H and O–H groups in total. The van der Waals surface area contributed by atoms with Crippen LogP contribution in [0.5, 0.6) is 23.5 Å². The average Bonchev–Trinajstić information content (AvgIpc) is 4.02. The maximum atomic E-state index is 13.7. The van der Waals surface area contributed by atoms with E-state index in [9.17, 15) is 27.0 Å². The topological polar surface area (TPSA) is 329 Å². The quantitative estimate of drug-likeness (QED) is 0.107. The molecule has 76 heavy (non-hydrogen) atoms. The minimum absolute atomic E-state index is 0.0860. The van der Waals surface area contributed by atoms with Gasteiger partial charge in [-0.05, 0) is 39.5 Å². The number of rotatable bonds is 20. The molecule has 0 spiro atoms. The lowest BCUT2D eigenvalue weighted by atomic mass is 9.86. The van der Waals surface area contributed by atoms with E-state index in [2.05, 4.69) is 60.3 Å². The Hall–Kier alpha value is -5.88. The van der Waals surface area contributed by atoms with Crippen molar-refractivity contribution in [1.82, 2.24) is 69.4 Å². The average molecular weight is 1140 g/mol. The van der Waals surface area contributed by atoms with Crippen LogP contribution < -0.4 is 18.9 Å². The summed E-state index contributed by atoms with van der Waals surface area (Å²) in [6.07, 6.45) is 10.8. The Balaban J connectivity index is 0.000000221. The van der Waals surface area contributed by atoms with Gasteiger partial charge in [0.05, 0.1) is 61.2 Å². The van der Waals surface area contributed by atoms with Crippen molar-refractivity contribution in [2.24, 2.45) is 0 Å². The van der Waals surface area contributed by atoms with Crippen LogP contribution in [0.15, 0.2) is 37.4 Å². The molecular weight excluding hydrogens is 1080 g/mol. The summed E-state index contributed by atoms with van der Waals surface area (Å²) in [5, 5.41) is 37.3. The molecule has 6 aromatic rings. The van der Waals surface area contributed by atoms with Crippen LogP contribution >= 0.6 is 23.2 Å². The number of aliphatic hydroxyl groups excluding tert-OH is 2. The van der Waals surface area contributed by atoms with E-state index < -0.39 is 66.1 Å². The van der Waals surface area contributed by atoms with Crippen molar-refractivity contribution >= 4 is 42.9 Å². The fourth-order valence-corrected chi connectivity index (χ4v) is 12.3. The van der Waals surface area contributed by atoms with Crippen molar-refractivity contribution in [2.75, 3.05) is 42.7 Å². The lowest BCUT2D eigenvalue weighted by Gasteiger charge is -2.28. The van der Waals surface area contributed by atoms with Gasteiger partial charge in [-0.3, -0.25) is 9.13 Å². The molecule has 30 heteroatoms. The molecule has 2 aliphatic rings. The van der Waals surface area contributed by atoms with Crippen LogP contribution in [0.25, 0.3) is 11.4 Å². The highest BCUT2D eigenvalue weighted by Crippen LogP contribution is 2.40. The summed E-state index contributed by atoms with van der Waals surface area (Å²) in [5.74, 6) is 0.0553. The molecule has 412 valence electrons. The highest BCUT2D eigenvalue weighted by atomic mass is 35.5. The van der Waals surface area contributed by atoms with Crippen LogP contribution in [0.2, 0.25) is 10.0 Å². The molecule has 8 atom stereocenters. The molecule has 6 heterocycles. The van der Waals surface area contributed by atoms with E-state index in [1.165, 1.54) is 103 Å². The molecular formula is C46H60Cl2N14O12S2. The predicted molar refractivity (Wildman–Crippen MR) is 272 cm³/mol. The molecule has 0 bridgehead atoms. The zero-order chi connectivity index (χ0) is 54.9. The number of sulfone groups is 2. The van der Waals surface area contributed by atoms with Gasteiger partial charge in [0.25, 0.3) is 0 Å². The number of aliphatic hydroxyl groups is 2. The van der Waals surface area contributed by atoms with E-state index in [0.29, 0.717) is 47.4 Å². The first-order valence-corrected chi connectivity index (χ1v) is 28.2. The van der Waals surface area contributed by atoms with Gasteiger partial charge < -0.3 is 38.6 Å². The highest BCUT2D eigenvalue weighted by Gasteiger charge is 2.40. The lowest BCUT2D eigenvalue weighted by molar-refractivity contribution is 0.0947. The van der Waals surface area contributed by atoms with E-state index in [-0.39, 0.29) is 70.0 Å². The predicted octanol–water partition coefficient (Wildman–Crippen LogP) is 4.45. The summed E-state index contributed by atoms with van der Waals surface area (Å²) in [5.41, 5.74) is 0.495. The Morgan fingerprint density at radius 3 is 1.13 bits per heavy atom. The van der Waals surface area contributed by atoms with Crippen LogP contribution in [0.3, 0.4) is 0 Å². The van der Waals surface area contributed by atoms with Gasteiger partial charge in [-0.2, -0.15) is 19.9 Å². The second-order valence-corrected chi connectivity index (χ2v) is 23.5. The summed E-state index contributed by atoms with van der Waals surface area (Å²) >= 11 is 11.8. The molecule has 2 aliphatic carbocycles. The first kappa shape index (κ1) is 57.8. The third kappa shape index (κ3) is 12.6. The molecule has 0 saturated heterocycles. The SMILES string of the molecule is COc1ncnc(OC)c1-n1c(CS(=O)(=O)[C@@H](C)[C@H](OC)c2ncc(Cl)cn2)nnc1[C@@H]1CCCC[C@H]1O.COc1ncnc(OC)c1-n1c(CS(=O)(=O)[C@@H](C)[C@H](OC)c2ncc(Cl)cn2)nnc1[C@H]1CCCC[C@@H]1O. The fourth-order valence-electron chi connectivity index (χ4n) is 9.27. The highest BCUT2D eigenvalue weighted by molar-refractivity contribution is 7.91. The van der Waals surface area contributed by atoms with Gasteiger partial charge in [0.2, 0.25) is 23.5 Å². The standard InChI is InChI=1S/2C23H30ClN7O6S/c2*1-13(19(35-2)20-25-9-14(24)10-26-20)38(33,34)11-17-29-30-21(15-7-5-6-8-16(15)32)31(17)18-22(36-3)27-12-28-23(18)37-4/h2*9-10,12-13,15-16,19,32H,5-8,11H2,1-4H3/t13-,15+,16+,19-;13-,15-,16-,19-/m00/s1. The van der Waals surface area contributed by atoms with E-state index in [1.807, 2.05) is 0 Å². The normalized spacial score (nSPS) is 19.6. The molecule has 2 saturated carbocycles. The molecule has 0 radical (unpaired) electrons. The third-order valence-electron chi connectivity index (χ3n) is 13.3. The molecule has 2 fully saturated rings. The van der Waals surface area contributed by atoms with Crippen LogP contribution in [-0.2, 0) is 40.7 Å². The van der Waals surface area contributed by atoms with Gasteiger partial charge in [0.15, 0.2) is 54.3 Å². The second-order valence-electron chi connectivity index (χ2n) is 17.9. The van der Waals surface area contributed by atoms with E-state index in [1.54, 1.807) is 0 Å². The fraction of sp³-hybridized carbons (Fsp3) is 0.565. The zero-order valence-electron chi connectivity index (χ0n) is 43.0. The molecule has 6 aromatic heterocycles. The molecule has 0 amide bonds. The smallest absolute Gasteiger partial charge is 0.245 e. The molecule has 0 aliphatic heterocycles. The van der Waals surface area contributed by atoms with Gasteiger partial charge in [0.1, 0.15) is 48.0 Å². The Labute approximate surface area is 449 Å². The van der Waals surface area contributed by atoms with Crippen molar-refractivity contribution in [3.63, 3.8) is 0 Å². The van der Waals surface area contributed by atoms with Crippen LogP contribution in [-0.4, -0.2) is 162 Å². The van der Waals surface area contributed by atoms with E-state index in [0.717, 1.165) is 25.7 Å². The monoisotopic (exact) mass is 1130 g/mol. The first-order valence-electron chi connectivity index (χ1n) is 24.0. The van der Waals surface area contributed by atoms with Gasteiger partial charge in [0, 0.05) is 50.8 Å². The maximum absolute atomic E-state index is 13.7. The van der Waals surface area contributed by atoms with Gasteiger partial charge >= 0.3 is 0 Å². The Kier molecular flexibility index (Phi) is 19.4. The van der Waals surface area contributed by atoms with Gasteiger partial charge in [-0.25, -0.2) is 36.8 Å². The Bertz CT molecular complexity index is 2870. The molecule has 26 nitrogen and oxygen atoms in total. The minimum atomic E-state index is -3.93. The Morgan fingerprint density at radius 1 is 0.526 bits per heavy atom. The van der Waals surface area contributed by atoms with E-state index in [4.69, 9.17) is 51.6 Å². The van der Waals surface area contributed by atoms with Crippen LogP contribution in [0, 0.1) is 0 Å². The summed E-state index contributed by atoms with van der Waals surface area (Å²) in [7, 11) is 0.628. The number of ether oxygens (including phenoxy) is 6. The maximum Gasteiger partial charge on any atom is 0.245 e. The molecule has 0 aromatic carbocycles. The number of methoxy groups -OCH3 is 6. The number of nitrogens with zero attached hydrogens (tertiary/aromatic N) is 14. The van der Waals surface area contributed by atoms with Crippen molar-refractivity contribution in [3.05, 3.63) is 82.4 Å². The van der Waals surface area contributed by atoms with Crippen molar-refractivity contribution < 1.29 is 55.5 Å². The largest absolute Gasteiger partial charge is 0.479 e. The molecule has 8 rings (SSSR count). The second kappa shape index (κ2) is 25.5. The van der Waals surface area contributed by atoms with Crippen LogP contribution in [0.4, 0.5) is 0 Å². The van der Waals surface area contributed by atoms with Crippen LogP contribution in [0.1, 0.15) is 124 Å². The number of aromatic nitrogens is 14.